The number of ether oxygens (including phenoxy) is 2. The molecule has 1 fully saturated rings. The Balaban J connectivity index is 1.92. The van der Waals surface area contributed by atoms with Crippen LogP contribution in [0.1, 0.15) is 0 Å². The third-order valence-corrected chi connectivity index (χ3v) is 3.08. The normalized spacial score (nSPS) is 24.9. The zero-order valence-corrected chi connectivity index (χ0v) is 9.23. The van der Waals surface area contributed by atoms with Gasteiger partial charge in [0.05, 0.1) is 13.1 Å². The molecule has 0 radical (unpaired) electrons. The number of halogens is 2. The van der Waals surface area contributed by atoms with Gasteiger partial charge in [-0.15, -0.1) is 0 Å². The molecule has 0 unspecified atom stereocenters. The Bertz CT molecular complexity index is 484. The first kappa shape index (κ1) is 11.1. The number of likely N-dealkylation sites (tertiary alicyclic amines) is 1. The minimum atomic E-state index is -0.692. The molecule has 0 bridgehead atoms. The van der Waals surface area contributed by atoms with E-state index in [4.69, 9.17) is 15.2 Å². The second-order valence-electron chi connectivity index (χ2n) is 4.24. The fourth-order valence-electron chi connectivity index (χ4n) is 2.19. The van der Waals surface area contributed by atoms with Gasteiger partial charge in [-0.2, -0.15) is 0 Å². The van der Waals surface area contributed by atoms with Crippen LogP contribution < -0.4 is 15.2 Å². The van der Waals surface area contributed by atoms with Crippen LogP contribution in [-0.2, 0) is 0 Å². The standard InChI is InChI=1S/C11H10F2N2O3/c12-5-1-2-6(13)10-9(5)17-7-3-15(11(14)16)4-8(7)18-10/h1-2,7-8H,3-4H2,(H2,14,16)/t7-,8+. The van der Waals surface area contributed by atoms with Gasteiger partial charge < -0.3 is 20.1 Å². The van der Waals surface area contributed by atoms with E-state index < -0.39 is 29.9 Å². The number of rotatable bonds is 0. The Kier molecular flexibility index (Phi) is 2.29. The number of fused-ring (bicyclic) bond motifs is 2. The molecule has 3 rings (SSSR count). The van der Waals surface area contributed by atoms with E-state index >= 15 is 0 Å². The number of primary amides is 1. The van der Waals surface area contributed by atoms with E-state index in [-0.39, 0.29) is 24.6 Å². The topological polar surface area (TPSA) is 64.8 Å². The molecule has 2 atom stereocenters. The first-order valence-corrected chi connectivity index (χ1v) is 5.42. The van der Waals surface area contributed by atoms with E-state index in [9.17, 15) is 13.6 Å². The van der Waals surface area contributed by atoms with Gasteiger partial charge >= 0.3 is 6.03 Å². The number of nitrogens with two attached hydrogens (primary N) is 1. The lowest BCUT2D eigenvalue weighted by Crippen LogP contribution is -2.39. The summed E-state index contributed by atoms with van der Waals surface area (Å²) < 4.78 is 37.7. The smallest absolute Gasteiger partial charge is 0.315 e. The molecule has 2 N–H and O–H groups in total. The first-order chi connectivity index (χ1) is 8.56. The molecule has 0 saturated carbocycles. The molecule has 0 aromatic heterocycles. The van der Waals surface area contributed by atoms with Crippen molar-refractivity contribution in [3.8, 4) is 11.5 Å². The third kappa shape index (κ3) is 1.54. The summed E-state index contributed by atoms with van der Waals surface area (Å²) in [7, 11) is 0. The van der Waals surface area contributed by atoms with Crippen molar-refractivity contribution in [1.82, 2.24) is 4.90 Å². The maximum Gasteiger partial charge on any atom is 0.315 e. The van der Waals surface area contributed by atoms with Gasteiger partial charge in [0.1, 0.15) is 0 Å². The SMILES string of the molecule is NC(=O)N1C[C@@H]2Oc3c(F)ccc(F)c3O[C@@H]2C1. The van der Waals surface area contributed by atoms with E-state index in [0.717, 1.165) is 12.1 Å². The third-order valence-electron chi connectivity index (χ3n) is 3.08. The van der Waals surface area contributed by atoms with E-state index in [2.05, 4.69) is 0 Å². The molecule has 1 aromatic rings. The molecular formula is C11H10F2N2O3. The number of hydrogen-bond donors (Lipinski definition) is 1. The van der Waals surface area contributed by atoms with Crippen LogP contribution in [0, 0.1) is 11.6 Å². The molecule has 18 heavy (non-hydrogen) atoms. The van der Waals surface area contributed by atoms with Crippen molar-refractivity contribution in [1.29, 1.82) is 0 Å². The summed E-state index contributed by atoms with van der Waals surface area (Å²) in [5.41, 5.74) is 5.14. The van der Waals surface area contributed by atoms with Crippen LogP contribution in [0.15, 0.2) is 12.1 Å². The Morgan fingerprint density at radius 2 is 1.61 bits per heavy atom. The van der Waals surface area contributed by atoms with Crippen molar-refractivity contribution < 1.29 is 23.0 Å². The van der Waals surface area contributed by atoms with Gasteiger partial charge in [0.25, 0.3) is 0 Å². The van der Waals surface area contributed by atoms with Crippen LogP contribution in [0.4, 0.5) is 13.6 Å². The van der Waals surface area contributed by atoms with E-state index in [1.54, 1.807) is 0 Å². The highest BCUT2D eigenvalue weighted by Gasteiger charge is 2.43. The predicted molar refractivity (Wildman–Crippen MR) is 56.3 cm³/mol. The van der Waals surface area contributed by atoms with Crippen molar-refractivity contribution in [2.75, 3.05) is 13.1 Å². The molecule has 0 spiro atoms. The van der Waals surface area contributed by atoms with Gasteiger partial charge in [-0.1, -0.05) is 0 Å². The van der Waals surface area contributed by atoms with Gasteiger partial charge in [0.15, 0.2) is 23.8 Å². The van der Waals surface area contributed by atoms with Crippen molar-refractivity contribution in [2.24, 2.45) is 5.73 Å². The monoisotopic (exact) mass is 256 g/mol. The number of amides is 2. The summed E-state index contributed by atoms with van der Waals surface area (Å²) in [6, 6.07) is 1.33. The van der Waals surface area contributed by atoms with Crippen LogP contribution in [0.25, 0.3) is 0 Å². The average molecular weight is 256 g/mol. The number of carbonyl (C=O) groups excluding carboxylic acids is 1. The minimum Gasteiger partial charge on any atom is -0.478 e. The first-order valence-electron chi connectivity index (χ1n) is 5.42. The van der Waals surface area contributed by atoms with Crippen molar-refractivity contribution in [3.05, 3.63) is 23.8 Å². The zero-order valence-electron chi connectivity index (χ0n) is 9.23. The fraction of sp³-hybridized carbons (Fsp3) is 0.364. The Labute approximate surface area is 101 Å². The van der Waals surface area contributed by atoms with Gasteiger partial charge in [0, 0.05) is 0 Å². The summed E-state index contributed by atoms with van der Waals surface area (Å²) in [6.45, 7) is 0.408. The highest BCUT2D eigenvalue weighted by atomic mass is 19.1. The lowest BCUT2D eigenvalue weighted by molar-refractivity contribution is 0.0467. The van der Waals surface area contributed by atoms with Crippen LogP contribution in [0.5, 0.6) is 11.5 Å². The molecule has 2 heterocycles. The molecule has 2 aliphatic heterocycles. The molecule has 7 heteroatoms. The summed E-state index contributed by atoms with van der Waals surface area (Å²) in [4.78, 5) is 12.4. The molecule has 96 valence electrons. The van der Waals surface area contributed by atoms with Gasteiger partial charge in [-0.25, -0.2) is 13.6 Å². The van der Waals surface area contributed by atoms with Gasteiger partial charge in [-0.05, 0) is 12.1 Å². The van der Waals surface area contributed by atoms with Gasteiger partial charge in [-0.3, -0.25) is 0 Å². The van der Waals surface area contributed by atoms with Gasteiger partial charge in [0.2, 0.25) is 11.5 Å². The summed E-state index contributed by atoms with van der Waals surface area (Å²) in [6.07, 6.45) is -1.05. The number of benzene rings is 1. The molecule has 2 aliphatic rings. The number of hydrogen-bond acceptors (Lipinski definition) is 3. The van der Waals surface area contributed by atoms with Crippen LogP contribution in [-0.4, -0.2) is 36.2 Å². The van der Waals surface area contributed by atoms with Crippen LogP contribution in [0.2, 0.25) is 0 Å². The zero-order chi connectivity index (χ0) is 12.9. The quantitative estimate of drug-likeness (QED) is 0.749. The second kappa shape index (κ2) is 3.72. The maximum atomic E-state index is 13.5. The molecule has 2 amide bonds. The predicted octanol–water partition coefficient (Wildman–Crippen LogP) is 0.868. The lowest BCUT2D eigenvalue weighted by Gasteiger charge is -2.28. The van der Waals surface area contributed by atoms with Crippen molar-refractivity contribution in [2.45, 2.75) is 12.2 Å². The largest absolute Gasteiger partial charge is 0.478 e. The van der Waals surface area contributed by atoms with Crippen LogP contribution in [0.3, 0.4) is 0 Å². The van der Waals surface area contributed by atoms with Crippen LogP contribution >= 0.6 is 0 Å². The maximum absolute atomic E-state index is 13.5. The van der Waals surface area contributed by atoms with E-state index in [0.29, 0.717) is 0 Å². The fourth-order valence-corrected chi connectivity index (χ4v) is 2.19. The van der Waals surface area contributed by atoms with Crippen molar-refractivity contribution >= 4 is 6.03 Å². The molecular weight excluding hydrogens is 246 g/mol. The van der Waals surface area contributed by atoms with E-state index in [1.165, 1.54) is 4.90 Å². The summed E-state index contributed by atoms with van der Waals surface area (Å²) in [5.74, 6) is -1.88. The van der Waals surface area contributed by atoms with Crippen molar-refractivity contribution in [3.63, 3.8) is 0 Å². The molecule has 1 saturated heterocycles. The number of nitrogens with zero attached hydrogens (tertiary/aromatic N) is 1. The Morgan fingerprint density at radius 1 is 1.17 bits per heavy atom. The number of carbonyl (C=O) groups is 1. The minimum absolute atomic E-state index is 0.204. The molecule has 1 aromatic carbocycles. The average Bonchev–Trinajstić information content (AvgIpc) is 2.75. The Morgan fingerprint density at radius 3 is 2.00 bits per heavy atom. The Hall–Kier alpha value is -2.05. The summed E-state index contributed by atoms with van der Waals surface area (Å²) >= 11 is 0. The lowest BCUT2D eigenvalue weighted by atomic mass is 10.2. The van der Waals surface area contributed by atoms with E-state index in [1.807, 2.05) is 0 Å². The molecule has 5 nitrogen and oxygen atoms in total. The highest BCUT2D eigenvalue weighted by Crippen LogP contribution is 2.40. The highest BCUT2D eigenvalue weighted by molar-refractivity contribution is 5.72. The molecule has 0 aliphatic carbocycles. The summed E-state index contributed by atoms with van der Waals surface area (Å²) in [5, 5.41) is 0. The second-order valence-corrected chi connectivity index (χ2v) is 4.24. The number of urea groups is 1.